The maximum atomic E-state index is 12.6. The minimum Gasteiger partial charge on any atom is -0.347 e. The molecule has 122 valence electrons. The molecule has 0 aliphatic carbocycles. The van der Waals surface area contributed by atoms with Gasteiger partial charge in [-0.1, -0.05) is 37.3 Å². The van der Waals surface area contributed by atoms with Crippen LogP contribution in [0.15, 0.2) is 30.3 Å². The highest BCUT2D eigenvalue weighted by Crippen LogP contribution is 2.21. The number of rotatable bonds is 4. The second kappa shape index (κ2) is 7.23. The second-order valence-corrected chi connectivity index (χ2v) is 7.32. The summed E-state index contributed by atoms with van der Waals surface area (Å²) in [5.41, 5.74) is 2.05. The van der Waals surface area contributed by atoms with Crippen molar-refractivity contribution in [1.82, 2.24) is 15.6 Å². The number of carbonyl (C=O) groups is 1. The summed E-state index contributed by atoms with van der Waals surface area (Å²) < 4.78 is 0. The molecule has 23 heavy (non-hydrogen) atoms. The largest absolute Gasteiger partial charge is 0.347 e. The molecule has 1 saturated heterocycles. The predicted molar refractivity (Wildman–Crippen MR) is 94.0 cm³/mol. The Morgan fingerprint density at radius 2 is 2.17 bits per heavy atom. The first-order chi connectivity index (χ1) is 11.1. The number of piperidine rings is 1. The molecule has 3 rings (SSSR count). The van der Waals surface area contributed by atoms with Gasteiger partial charge in [0.25, 0.3) is 5.91 Å². The van der Waals surface area contributed by atoms with Crippen molar-refractivity contribution in [1.29, 1.82) is 0 Å². The highest BCUT2D eigenvalue weighted by molar-refractivity contribution is 7.13. The van der Waals surface area contributed by atoms with Gasteiger partial charge in [-0.3, -0.25) is 4.79 Å². The summed E-state index contributed by atoms with van der Waals surface area (Å²) in [6, 6.07) is 10.4. The summed E-state index contributed by atoms with van der Waals surface area (Å²) in [7, 11) is 0. The van der Waals surface area contributed by atoms with Crippen LogP contribution in [0.4, 0.5) is 0 Å². The fourth-order valence-corrected chi connectivity index (χ4v) is 3.93. The molecule has 2 N–H and O–H groups in total. The zero-order valence-corrected chi connectivity index (χ0v) is 14.5. The van der Waals surface area contributed by atoms with E-state index in [0.29, 0.717) is 5.92 Å². The third kappa shape index (κ3) is 3.98. The van der Waals surface area contributed by atoms with Crippen LogP contribution in [0.2, 0.25) is 0 Å². The first-order valence-electron chi connectivity index (χ1n) is 8.15. The van der Waals surface area contributed by atoms with Gasteiger partial charge >= 0.3 is 0 Å². The van der Waals surface area contributed by atoms with E-state index in [9.17, 15) is 4.79 Å². The number of nitrogens with one attached hydrogen (secondary N) is 2. The number of nitrogens with zero attached hydrogens (tertiary/aromatic N) is 1. The Bertz CT molecular complexity index is 668. The first kappa shape index (κ1) is 16.1. The molecule has 1 aliphatic rings. The maximum Gasteiger partial charge on any atom is 0.263 e. The van der Waals surface area contributed by atoms with Crippen LogP contribution in [0.1, 0.15) is 39.3 Å². The van der Waals surface area contributed by atoms with E-state index in [1.54, 1.807) is 0 Å². The van der Waals surface area contributed by atoms with Crippen LogP contribution in [0.3, 0.4) is 0 Å². The van der Waals surface area contributed by atoms with Gasteiger partial charge in [-0.05, 0) is 31.4 Å². The average molecular weight is 329 g/mol. The lowest BCUT2D eigenvalue weighted by Crippen LogP contribution is -2.50. The molecule has 2 unspecified atom stereocenters. The van der Waals surface area contributed by atoms with E-state index < -0.39 is 0 Å². The summed E-state index contributed by atoms with van der Waals surface area (Å²) >= 11 is 1.51. The summed E-state index contributed by atoms with van der Waals surface area (Å²) in [5, 5.41) is 7.51. The number of hydrogen-bond acceptors (Lipinski definition) is 4. The lowest BCUT2D eigenvalue weighted by Gasteiger charge is -2.30. The molecule has 1 aliphatic heterocycles. The van der Waals surface area contributed by atoms with Crippen molar-refractivity contribution in [2.24, 2.45) is 5.92 Å². The van der Waals surface area contributed by atoms with Crippen molar-refractivity contribution >= 4 is 17.2 Å². The summed E-state index contributed by atoms with van der Waals surface area (Å²) in [6.07, 6.45) is 1.88. The highest BCUT2D eigenvalue weighted by Gasteiger charge is 2.24. The number of benzene rings is 1. The van der Waals surface area contributed by atoms with E-state index in [-0.39, 0.29) is 11.9 Å². The molecule has 2 aromatic rings. The van der Waals surface area contributed by atoms with E-state index >= 15 is 0 Å². The van der Waals surface area contributed by atoms with Crippen LogP contribution in [0.25, 0.3) is 0 Å². The Morgan fingerprint density at radius 3 is 2.91 bits per heavy atom. The molecule has 1 amide bonds. The van der Waals surface area contributed by atoms with Crippen molar-refractivity contribution < 1.29 is 4.79 Å². The number of hydrogen-bond donors (Lipinski definition) is 2. The SMILES string of the molecule is Cc1nc(Cc2ccccc2)sc1C(=O)NC1CNCCC1C. The van der Waals surface area contributed by atoms with Crippen LogP contribution < -0.4 is 10.6 Å². The number of aryl methyl sites for hydroxylation is 1. The van der Waals surface area contributed by atoms with Crippen molar-refractivity contribution in [2.45, 2.75) is 32.7 Å². The van der Waals surface area contributed by atoms with E-state index in [0.717, 1.165) is 41.5 Å². The molecular weight excluding hydrogens is 306 g/mol. The van der Waals surface area contributed by atoms with Crippen molar-refractivity contribution in [3.05, 3.63) is 51.5 Å². The molecule has 1 aromatic heterocycles. The van der Waals surface area contributed by atoms with E-state index in [1.165, 1.54) is 16.9 Å². The second-order valence-electron chi connectivity index (χ2n) is 6.23. The fraction of sp³-hybridized carbons (Fsp3) is 0.444. The van der Waals surface area contributed by atoms with Crippen LogP contribution in [-0.2, 0) is 6.42 Å². The van der Waals surface area contributed by atoms with Gasteiger partial charge < -0.3 is 10.6 Å². The van der Waals surface area contributed by atoms with Gasteiger partial charge in [-0.15, -0.1) is 11.3 Å². The van der Waals surface area contributed by atoms with E-state index in [1.807, 2.05) is 25.1 Å². The predicted octanol–water partition coefficient (Wildman–Crippen LogP) is 2.77. The molecule has 0 spiro atoms. The van der Waals surface area contributed by atoms with Gasteiger partial charge in [0.2, 0.25) is 0 Å². The standard InChI is InChI=1S/C18H23N3OS/c1-12-8-9-19-11-15(12)21-18(22)17-13(2)20-16(23-17)10-14-6-4-3-5-7-14/h3-7,12,15,19H,8-11H2,1-2H3,(H,21,22). The molecule has 0 bridgehead atoms. The van der Waals surface area contributed by atoms with Crippen molar-refractivity contribution in [3.63, 3.8) is 0 Å². The summed E-state index contributed by atoms with van der Waals surface area (Å²) in [5.74, 6) is 0.525. The minimum atomic E-state index is 0.0138. The van der Waals surface area contributed by atoms with E-state index in [4.69, 9.17) is 0 Å². The van der Waals surface area contributed by atoms with Gasteiger partial charge in [-0.25, -0.2) is 4.98 Å². The Balaban J connectivity index is 1.69. The highest BCUT2D eigenvalue weighted by atomic mass is 32.1. The number of carbonyl (C=O) groups excluding carboxylic acids is 1. The van der Waals surface area contributed by atoms with Gasteiger partial charge in [0.15, 0.2) is 0 Å². The van der Waals surface area contributed by atoms with Gasteiger partial charge in [0, 0.05) is 19.0 Å². The quantitative estimate of drug-likeness (QED) is 0.907. The van der Waals surface area contributed by atoms with E-state index in [2.05, 4.69) is 34.7 Å². The fourth-order valence-electron chi connectivity index (χ4n) is 2.93. The van der Waals surface area contributed by atoms with Crippen LogP contribution >= 0.6 is 11.3 Å². The zero-order chi connectivity index (χ0) is 16.2. The molecule has 1 aromatic carbocycles. The van der Waals surface area contributed by atoms with Crippen LogP contribution in [0, 0.1) is 12.8 Å². The van der Waals surface area contributed by atoms with Crippen LogP contribution in [-0.4, -0.2) is 30.0 Å². The Kier molecular flexibility index (Phi) is 5.08. The third-order valence-corrected chi connectivity index (χ3v) is 5.55. The average Bonchev–Trinajstić information content (AvgIpc) is 2.91. The maximum absolute atomic E-state index is 12.6. The first-order valence-corrected chi connectivity index (χ1v) is 8.97. The molecule has 1 fully saturated rings. The lowest BCUT2D eigenvalue weighted by atomic mass is 9.95. The molecule has 5 heteroatoms. The number of amides is 1. The summed E-state index contributed by atoms with van der Waals surface area (Å²) in [6.45, 7) is 6.00. The van der Waals surface area contributed by atoms with Crippen molar-refractivity contribution in [3.8, 4) is 0 Å². The Morgan fingerprint density at radius 1 is 1.39 bits per heavy atom. The lowest BCUT2D eigenvalue weighted by molar-refractivity contribution is 0.0918. The van der Waals surface area contributed by atoms with Gasteiger partial charge in [0.05, 0.1) is 10.7 Å². The number of aromatic nitrogens is 1. The Hall–Kier alpha value is -1.72. The number of thiazole rings is 1. The zero-order valence-electron chi connectivity index (χ0n) is 13.6. The smallest absolute Gasteiger partial charge is 0.263 e. The molecule has 2 heterocycles. The normalized spacial score (nSPS) is 21.1. The Labute approximate surface area is 141 Å². The molecule has 4 nitrogen and oxygen atoms in total. The molecule has 0 saturated carbocycles. The molecule has 2 atom stereocenters. The molecule has 0 radical (unpaired) electrons. The third-order valence-electron chi connectivity index (χ3n) is 4.39. The van der Waals surface area contributed by atoms with Crippen molar-refractivity contribution in [2.75, 3.05) is 13.1 Å². The van der Waals surface area contributed by atoms with Gasteiger partial charge in [0.1, 0.15) is 4.88 Å². The summed E-state index contributed by atoms with van der Waals surface area (Å²) in [4.78, 5) is 17.9. The monoisotopic (exact) mass is 329 g/mol. The topological polar surface area (TPSA) is 54.0 Å². The van der Waals surface area contributed by atoms with Gasteiger partial charge in [-0.2, -0.15) is 0 Å². The van der Waals surface area contributed by atoms with Crippen LogP contribution in [0.5, 0.6) is 0 Å². The minimum absolute atomic E-state index is 0.0138. The molecular formula is C18H23N3OS.